The lowest BCUT2D eigenvalue weighted by Crippen LogP contribution is -2.28. The first-order chi connectivity index (χ1) is 15.3. The number of hydrogen-bond donors (Lipinski definition) is 0. The quantitative estimate of drug-likeness (QED) is 0.385. The molecule has 1 unspecified atom stereocenters. The Morgan fingerprint density at radius 3 is 1.69 bits per heavy atom. The van der Waals surface area contributed by atoms with E-state index in [0.717, 1.165) is 0 Å². The molecule has 3 aromatic carbocycles. The average molecular weight is 440 g/mol. The van der Waals surface area contributed by atoms with Gasteiger partial charge in [-0.1, -0.05) is 107 Å². The molecule has 1 aliphatic rings. The van der Waals surface area contributed by atoms with Crippen LogP contribution in [0.25, 0.3) is 0 Å². The van der Waals surface area contributed by atoms with Crippen LogP contribution in [-0.2, 0) is 0 Å². The molecule has 0 radical (unpaired) electrons. The van der Waals surface area contributed by atoms with Gasteiger partial charge in [0.2, 0.25) is 0 Å². The zero-order valence-electron chi connectivity index (χ0n) is 20.1. The van der Waals surface area contributed by atoms with Gasteiger partial charge in [-0.2, -0.15) is 0 Å². The molecule has 0 aromatic heterocycles. The van der Waals surface area contributed by atoms with Gasteiger partial charge in [0.15, 0.2) is 0 Å². The van der Waals surface area contributed by atoms with Gasteiger partial charge in [0.05, 0.1) is 0 Å². The molecule has 0 spiro atoms. The Balaban J connectivity index is 1.87. The van der Waals surface area contributed by atoms with E-state index in [-0.39, 0.29) is 0 Å². The van der Waals surface area contributed by atoms with Crippen molar-refractivity contribution in [3.05, 3.63) is 118 Å². The third-order valence-electron chi connectivity index (χ3n) is 6.15. The second-order valence-electron chi connectivity index (χ2n) is 9.35. The molecule has 2 heteroatoms. The number of rotatable bonds is 6. The largest absolute Gasteiger partial charge is 0.301 e. The standard InChI is InChI=1S/C30H34NP/c1-21-15-22(2)18-26(17-21)32(27-19-23(3)16-24(4)20-27)29-14-10-13-28(29)30(31(5)6)25-11-8-7-9-12-25/h7-20,28,30H,1-6H3/t28?,30-/m0/s1. The highest BCUT2D eigenvalue weighted by molar-refractivity contribution is 7.76. The van der Waals surface area contributed by atoms with Crippen LogP contribution < -0.4 is 10.6 Å². The van der Waals surface area contributed by atoms with E-state index in [2.05, 4.69) is 132 Å². The van der Waals surface area contributed by atoms with Crippen molar-refractivity contribution in [2.45, 2.75) is 33.7 Å². The molecular formula is C30H34NP. The first-order valence-electron chi connectivity index (χ1n) is 11.4. The molecule has 2 atom stereocenters. The third kappa shape index (κ3) is 4.80. The highest BCUT2D eigenvalue weighted by atomic mass is 31.1. The second-order valence-corrected chi connectivity index (χ2v) is 11.6. The van der Waals surface area contributed by atoms with Crippen LogP contribution in [0.2, 0.25) is 0 Å². The van der Waals surface area contributed by atoms with E-state index >= 15 is 0 Å². The Kier molecular flexibility index (Phi) is 6.79. The minimum atomic E-state index is -0.632. The summed E-state index contributed by atoms with van der Waals surface area (Å²) < 4.78 is 0. The highest BCUT2D eigenvalue weighted by Crippen LogP contribution is 2.53. The lowest BCUT2D eigenvalue weighted by atomic mass is 9.93. The van der Waals surface area contributed by atoms with Crippen molar-refractivity contribution in [3.8, 4) is 0 Å². The van der Waals surface area contributed by atoms with Crippen LogP contribution in [0.3, 0.4) is 0 Å². The van der Waals surface area contributed by atoms with E-state index in [4.69, 9.17) is 0 Å². The normalized spacial score (nSPS) is 16.6. The van der Waals surface area contributed by atoms with Crippen LogP contribution in [0.15, 0.2) is 90.3 Å². The van der Waals surface area contributed by atoms with Crippen LogP contribution in [0.1, 0.15) is 33.9 Å². The van der Waals surface area contributed by atoms with Gasteiger partial charge in [0.25, 0.3) is 0 Å². The maximum Gasteiger partial charge on any atom is 0.0445 e. The van der Waals surface area contributed by atoms with Gasteiger partial charge < -0.3 is 4.90 Å². The molecule has 4 rings (SSSR count). The number of hydrogen-bond acceptors (Lipinski definition) is 1. The summed E-state index contributed by atoms with van der Waals surface area (Å²) in [7, 11) is 3.78. The van der Waals surface area contributed by atoms with Gasteiger partial charge in [0.1, 0.15) is 0 Å². The number of benzene rings is 3. The molecule has 0 amide bonds. The fourth-order valence-corrected chi connectivity index (χ4v) is 8.04. The lowest BCUT2D eigenvalue weighted by molar-refractivity contribution is 0.265. The Labute approximate surface area is 195 Å². The molecule has 32 heavy (non-hydrogen) atoms. The van der Waals surface area contributed by atoms with Crippen molar-refractivity contribution in [2.24, 2.45) is 5.92 Å². The maximum atomic E-state index is 2.41. The van der Waals surface area contributed by atoms with Crippen molar-refractivity contribution in [3.63, 3.8) is 0 Å². The Bertz CT molecular complexity index is 1060. The van der Waals surface area contributed by atoms with Crippen molar-refractivity contribution in [1.82, 2.24) is 4.90 Å². The topological polar surface area (TPSA) is 3.24 Å². The Morgan fingerprint density at radius 2 is 1.22 bits per heavy atom. The molecule has 0 N–H and O–H groups in total. The summed E-state index contributed by atoms with van der Waals surface area (Å²) >= 11 is 0. The SMILES string of the molecule is Cc1cc(C)cc(P(C2=CC=CC2[C@H](c2ccccc2)N(C)C)c2cc(C)cc(C)c2)c1. The predicted molar refractivity (Wildman–Crippen MR) is 142 cm³/mol. The molecule has 0 heterocycles. The van der Waals surface area contributed by atoms with E-state index in [1.165, 1.54) is 43.7 Å². The molecule has 164 valence electrons. The summed E-state index contributed by atoms with van der Waals surface area (Å²) in [6.45, 7) is 8.88. The number of aryl methyl sites for hydroxylation is 4. The van der Waals surface area contributed by atoms with Crippen molar-refractivity contribution >= 4 is 18.5 Å². The van der Waals surface area contributed by atoms with Crippen molar-refractivity contribution < 1.29 is 0 Å². The van der Waals surface area contributed by atoms with Crippen molar-refractivity contribution in [1.29, 1.82) is 0 Å². The van der Waals surface area contributed by atoms with E-state index < -0.39 is 7.92 Å². The van der Waals surface area contributed by atoms with Crippen LogP contribution in [0, 0.1) is 33.6 Å². The van der Waals surface area contributed by atoms with Gasteiger partial charge in [-0.05, 0) is 71.2 Å². The van der Waals surface area contributed by atoms with E-state index in [1.54, 1.807) is 0 Å². The fraction of sp³-hybridized carbons (Fsp3) is 0.267. The third-order valence-corrected chi connectivity index (χ3v) is 8.66. The zero-order valence-corrected chi connectivity index (χ0v) is 21.0. The van der Waals surface area contributed by atoms with Crippen LogP contribution in [0.4, 0.5) is 0 Å². The van der Waals surface area contributed by atoms with Crippen LogP contribution in [-0.4, -0.2) is 19.0 Å². The number of allylic oxidation sites excluding steroid dienone is 2. The van der Waals surface area contributed by atoms with Gasteiger partial charge in [-0.25, -0.2) is 0 Å². The molecule has 0 fully saturated rings. The smallest absolute Gasteiger partial charge is 0.0445 e. The Hall–Kier alpha value is -2.47. The first kappa shape index (κ1) is 22.7. The summed E-state index contributed by atoms with van der Waals surface area (Å²) in [4.78, 5) is 2.38. The first-order valence-corrected chi connectivity index (χ1v) is 12.7. The summed E-state index contributed by atoms with van der Waals surface area (Å²) in [5, 5.41) is 4.44. The monoisotopic (exact) mass is 439 g/mol. The number of nitrogens with zero attached hydrogens (tertiary/aromatic N) is 1. The summed E-state index contributed by atoms with van der Waals surface area (Å²) in [5.74, 6) is 0.347. The second kappa shape index (κ2) is 9.57. The fourth-order valence-electron chi connectivity index (χ4n) is 5.06. The molecule has 0 aliphatic heterocycles. The molecule has 3 aromatic rings. The Morgan fingerprint density at radius 1 is 0.719 bits per heavy atom. The minimum absolute atomic E-state index is 0.308. The average Bonchev–Trinajstić information content (AvgIpc) is 3.16. The maximum absolute atomic E-state index is 2.41. The van der Waals surface area contributed by atoms with E-state index in [9.17, 15) is 0 Å². The van der Waals surface area contributed by atoms with Crippen LogP contribution in [0.5, 0.6) is 0 Å². The van der Waals surface area contributed by atoms with E-state index in [0.29, 0.717) is 12.0 Å². The van der Waals surface area contributed by atoms with Gasteiger partial charge >= 0.3 is 0 Å². The molecule has 1 aliphatic carbocycles. The molecule has 0 bridgehead atoms. The molecular weight excluding hydrogens is 405 g/mol. The molecule has 1 nitrogen and oxygen atoms in total. The summed E-state index contributed by atoms with van der Waals surface area (Å²) in [6, 6.07) is 25.4. The highest BCUT2D eigenvalue weighted by Gasteiger charge is 2.33. The van der Waals surface area contributed by atoms with E-state index in [1.807, 2.05) is 0 Å². The summed E-state index contributed by atoms with van der Waals surface area (Å²) in [6.07, 6.45) is 7.08. The van der Waals surface area contributed by atoms with Crippen LogP contribution >= 0.6 is 7.92 Å². The lowest BCUT2D eigenvalue weighted by Gasteiger charge is -2.35. The van der Waals surface area contributed by atoms with Gasteiger partial charge in [-0.15, -0.1) is 0 Å². The zero-order chi connectivity index (χ0) is 22.8. The summed E-state index contributed by atoms with van der Waals surface area (Å²) in [5.41, 5.74) is 6.73. The van der Waals surface area contributed by atoms with Gasteiger partial charge in [-0.3, -0.25) is 0 Å². The van der Waals surface area contributed by atoms with Crippen molar-refractivity contribution in [2.75, 3.05) is 14.1 Å². The predicted octanol–water partition coefficient (Wildman–Crippen LogP) is 6.73. The van der Waals surface area contributed by atoms with Gasteiger partial charge in [0, 0.05) is 12.0 Å². The molecule has 0 saturated carbocycles. The minimum Gasteiger partial charge on any atom is -0.301 e. The molecule has 0 saturated heterocycles.